The second-order valence-corrected chi connectivity index (χ2v) is 16.3. The first kappa shape index (κ1) is 31.7. The molecule has 0 N–H and O–H groups in total. The molecule has 1 atom stereocenters. The molecule has 43 heavy (non-hydrogen) atoms. The average molecular weight is 642 g/mol. The summed E-state index contributed by atoms with van der Waals surface area (Å²) in [7, 11) is 0. The number of fused-ring (bicyclic) bond motifs is 5. The van der Waals surface area contributed by atoms with Gasteiger partial charge in [-0.15, -0.1) is 39.7 Å². The third-order valence-electron chi connectivity index (χ3n) is 9.14. The molecule has 0 nitrogen and oxygen atoms in total. The van der Waals surface area contributed by atoms with Crippen molar-refractivity contribution in [3.63, 3.8) is 0 Å². The van der Waals surface area contributed by atoms with Gasteiger partial charge in [0, 0.05) is 10.8 Å². The standard InChI is InChI=1S/C23H21.C11H17.C8H8.Zr/c1-22(2)7-5-14-10-18-16(12-20(14)22)9-17-13-21-15(11-19(17)18)6-8-23(21,3)4;1-5-9-6-7-10(8-9)11(2,3)4;1-2-8-6-4-3-5-7-8;/h5-13H,1-4H3;7-9H,5H2,1-4H3;3-7H,1H3;/q2*-1;;+2. The van der Waals surface area contributed by atoms with Crippen LogP contribution in [0.4, 0.5) is 0 Å². The summed E-state index contributed by atoms with van der Waals surface area (Å²) in [5, 5.41) is 5.53. The number of benzene rings is 3. The molecule has 0 aliphatic heterocycles. The Morgan fingerprint density at radius 1 is 0.837 bits per heavy atom. The molecule has 3 aliphatic rings. The van der Waals surface area contributed by atoms with Crippen molar-refractivity contribution in [3.05, 3.63) is 124 Å². The van der Waals surface area contributed by atoms with Gasteiger partial charge in [0.05, 0.1) is 0 Å². The molecule has 4 aromatic carbocycles. The topological polar surface area (TPSA) is 0 Å². The number of hydrogen-bond donors (Lipinski definition) is 0. The van der Waals surface area contributed by atoms with Gasteiger partial charge in [-0.05, 0) is 11.1 Å². The van der Waals surface area contributed by atoms with Gasteiger partial charge in [-0.25, -0.2) is 6.08 Å². The number of allylic oxidation sites excluding steroid dienone is 6. The van der Waals surface area contributed by atoms with E-state index in [2.05, 4.69) is 159 Å². The van der Waals surface area contributed by atoms with Crippen LogP contribution in [0.3, 0.4) is 0 Å². The molecule has 4 aromatic rings. The van der Waals surface area contributed by atoms with Gasteiger partial charge < -0.3 is 0 Å². The van der Waals surface area contributed by atoms with Gasteiger partial charge in [-0.2, -0.15) is 11.6 Å². The van der Waals surface area contributed by atoms with E-state index < -0.39 is 0 Å². The molecule has 1 unspecified atom stereocenters. The van der Waals surface area contributed by atoms with Gasteiger partial charge in [0.25, 0.3) is 0 Å². The predicted octanol–water partition coefficient (Wildman–Crippen LogP) is 11.5. The summed E-state index contributed by atoms with van der Waals surface area (Å²) >= 11 is 1.51. The normalized spacial score (nSPS) is 18.6. The van der Waals surface area contributed by atoms with Gasteiger partial charge in [0.1, 0.15) is 0 Å². The summed E-state index contributed by atoms with van der Waals surface area (Å²) in [6, 6.07) is 22.4. The Labute approximate surface area is 275 Å². The SMILES string of the molecule is CC1(C)C=Cc2cc3c(cc21)[cH-]c1cc2c(cc13)C=CC2(C)C.CCC1[C-]=CC(C(C)(C)C)=C1.C[C](=[Zr+2])c1ccccc1. The second kappa shape index (κ2) is 12.0. The van der Waals surface area contributed by atoms with Crippen LogP contribution in [0.15, 0.2) is 90.5 Å². The summed E-state index contributed by atoms with van der Waals surface area (Å²) in [6.45, 7) is 20.3. The van der Waals surface area contributed by atoms with E-state index in [1.54, 1.807) is 0 Å². The molecule has 7 rings (SSSR count). The van der Waals surface area contributed by atoms with Crippen molar-refractivity contribution >= 4 is 36.9 Å². The third kappa shape index (κ3) is 6.68. The fraction of sp³-hybridized carbons (Fsp3) is 0.333. The Kier molecular flexibility index (Phi) is 8.81. The van der Waals surface area contributed by atoms with Gasteiger partial charge in [0.15, 0.2) is 0 Å². The first-order chi connectivity index (χ1) is 20.2. The molecule has 218 valence electrons. The molecule has 0 saturated heterocycles. The molecule has 3 aliphatic carbocycles. The van der Waals surface area contributed by atoms with Crippen molar-refractivity contribution in [2.24, 2.45) is 11.3 Å². The van der Waals surface area contributed by atoms with Crippen molar-refractivity contribution < 1.29 is 24.2 Å². The van der Waals surface area contributed by atoms with Gasteiger partial charge in [0.2, 0.25) is 0 Å². The van der Waals surface area contributed by atoms with E-state index in [1.807, 2.05) is 6.07 Å². The maximum absolute atomic E-state index is 3.35. The Bertz CT molecular complexity index is 1700. The summed E-state index contributed by atoms with van der Waals surface area (Å²) in [5.41, 5.74) is 9.08. The van der Waals surface area contributed by atoms with Crippen LogP contribution in [0.5, 0.6) is 0 Å². The van der Waals surface area contributed by atoms with Crippen LogP contribution in [-0.2, 0) is 35.1 Å². The molecule has 0 spiro atoms. The Balaban J connectivity index is 0.000000153. The number of hydrogen-bond acceptors (Lipinski definition) is 0. The molecule has 0 radical (unpaired) electrons. The van der Waals surface area contributed by atoms with E-state index in [4.69, 9.17) is 0 Å². The summed E-state index contributed by atoms with van der Waals surface area (Å²) in [4.78, 5) is 0. The predicted molar refractivity (Wildman–Crippen MR) is 187 cm³/mol. The number of rotatable bonds is 2. The third-order valence-corrected chi connectivity index (χ3v) is 9.85. The Morgan fingerprint density at radius 3 is 1.72 bits per heavy atom. The summed E-state index contributed by atoms with van der Waals surface area (Å²) < 4.78 is 1.46. The van der Waals surface area contributed by atoms with Gasteiger partial charge in [-0.1, -0.05) is 121 Å². The van der Waals surface area contributed by atoms with E-state index in [1.165, 1.54) is 88.8 Å². The monoisotopic (exact) mass is 640 g/mol. The van der Waals surface area contributed by atoms with E-state index in [9.17, 15) is 0 Å². The van der Waals surface area contributed by atoms with Gasteiger partial charge >= 0.3 is 70.3 Å². The molecule has 0 bridgehead atoms. The molecular weight excluding hydrogens is 596 g/mol. The van der Waals surface area contributed by atoms with Crippen molar-refractivity contribution in [3.8, 4) is 0 Å². The zero-order valence-electron chi connectivity index (χ0n) is 27.5. The van der Waals surface area contributed by atoms with Crippen molar-refractivity contribution in [1.29, 1.82) is 0 Å². The molecule has 0 heterocycles. The van der Waals surface area contributed by atoms with Crippen LogP contribution in [-0.4, -0.2) is 3.21 Å². The zero-order chi connectivity index (χ0) is 31.2. The molecular formula is C42H46Zr. The van der Waals surface area contributed by atoms with Crippen LogP contribution in [0.2, 0.25) is 0 Å². The quantitative estimate of drug-likeness (QED) is 0.191. The van der Waals surface area contributed by atoms with E-state index in [-0.39, 0.29) is 10.8 Å². The van der Waals surface area contributed by atoms with Crippen LogP contribution in [0, 0.1) is 17.4 Å². The second-order valence-electron chi connectivity index (χ2n) is 14.5. The Hall–Kier alpha value is -2.76. The average Bonchev–Trinajstić information content (AvgIpc) is 3.72. The first-order valence-electron chi connectivity index (χ1n) is 15.7. The van der Waals surface area contributed by atoms with E-state index >= 15 is 0 Å². The maximum atomic E-state index is 3.35. The van der Waals surface area contributed by atoms with Crippen molar-refractivity contribution in [2.45, 2.75) is 79.6 Å². The fourth-order valence-corrected chi connectivity index (χ4v) is 6.62. The fourth-order valence-electron chi connectivity index (χ4n) is 6.21. The van der Waals surface area contributed by atoms with Crippen LogP contribution < -0.4 is 0 Å². The molecule has 0 saturated carbocycles. The first-order valence-corrected chi connectivity index (χ1v) is 17.0. The van der Waals surface area contributed by atoms with Crippen LogP contribution >= 0.6 is 0 Å². The zero-order valence-corrected chi connectivity index (χ0v) is 30.0. The minimum absolute atomic E-state index is 0.152. The van der Waals surface area contributed by atoms with Crippen LogP contribution in [0.25, 0.3) is 33.7 Å². The molecule has 0 amide bonds. The van der Waals surface area contributed by atoms with E-state index in [0.717, 1.165) is 0 Å². The van der Waals surface area contributed by atoms with Crippen molar-refractivity contribution in [1.82, 2.24) is 0 Å². The van der Waals surface area contributed by atoms with Gasteiger partial charge in [-0.3, -0.25) is 6.08 Å². The summed E-state index contributed by atoms with van der Waals surface area (Å²) in [5.74, 6) is 0.573. The molecule has 0 fully saturated rings. The van der Waals surface area contributed by atoms with E-state index in [0.29, 0.717) is 11.3 Å². The molecule has 0 aromatic heterocycles. The van der Waals surface area contributed by atoms with Crippen molar-refractivity contribution in [2.75, 3.05) is 0 Å². The summed E-state index contributed by atoms with van der Waals surface area (Å²) in [6.07, 6.45) is 18.2. The van der Waals surface area contributed by atoms with Crippen LogP contribution in [0.1, 0.15) is 96.6 Å². The molecule has 1 heteroatoms. The Morgan fingerprint density at radius 2 is 1.35 bits per heavy atom. The minimum atomic E-state index is 0.152.